The topological polar surface area (TPSA) is 15.3 Å². The molecular formula is C14H23ClN2S. The van der Waals surface area contributed by atoms with Gasteiger partial charge in [-0.05, 0) is 73.6 Å². The molecule has 102 valence electrons. The quantitative estimate of drug-likeness (QED) is 0.917. The van der Waals surface area contributed by atoms with Gasteiger partial charge >= 0.3 is 0 Å². The molecule has 1 unspecified atom stereocenters. The molecule has 0 aliphatic carbocycles. The smallest absolute Gasteiger partial charge is 0.0356 e. The maximum Gasteiger partial charge on any atom is 0.0356 e. The number of hydrogen-bond acceptors (Lipinski definition) is 3. The largest absolute Gasteiger partial charge is 0.317 e. The molecule has 4 heteroatoms. The van der Waals surface area contributed by atoms with Gasteiger partial charge in [0, 0.05) is 12.6 Å². The van der Waals surface area contributed by atoms with E-state index in [1.807, 2.05) is 11.3 Å². The van der Waals surface area contributed by atoms with Crippen LogP contribution in [-0.4, -0.2) is 31.1 Å². The Hall–Kier alpha value is -0.0900. The van der Waals surface area contributed by atoms with Gasteiger partial charge in [0.15, 0.2) is 0 Å². The van der Waals surface area contributed by atoms with E-state index >= 15 is 0 Å². The van der Waals surface area contributed by atoms with Crippen LogP contribution in [0.15, 0.2) is 16.8 Å². The molecule has 0 aromatic carbocycles. The van der Waals surface area contributed by atoms with E-state index in [-0.39, 0.29) is 12.4 Å². The van der Waals surface area contributed by atoms with Crippen molar-refractivity contribution >= 4 is 23.7 Å². The second kappa shape index (κ2) is 6.90. The van der Waals surface area contributed by atoms with Gasteiger partial charge in [-0.3, -0.25) is 4.90 Å². The second-order valence-electron chi connectivity index (χ2n) is 5.40. The predicted molar refractivity (Wildman–Crippen MR) is 80.7 cm³/mol. The molecule has 18 heavy (non-hydrogen) atoms. The SMILES string of the molecule is Cl.c1cc(C2CCCN2CC2CCNCC2)cs1. The van der Waals surface area contributed by atoms with Gasteiger partial charge in [-0.15, -0.1) is 12.4 Å². The van der Waals surface area contributed by atoms with Crippen molar-refractivity contribution in [1.29, 1.82) is 0 Å². The zero-order chi connectivity index (χ0) is 11.5. The van der Waals surface area contributed by atoms with Crippen molar-refractivity contribution in [2.75, 3.05) is 26.2 Å². The minimum Gasteiger partial charge on any atom is -0.317 e. The first-order valence-corrected chi connectivity index (χ1v) is 7.84. The summed E-state index contributed by atoms with van der Waals surface area (Å²) < 4.78 is 0. The molecule has 2 fully saturated rings. The molecule has 1 N–H and O–H groups in total. The van der Waals surface area contributed by atoms with Crippen LogP contribution in [0.1, 0.15) is 37.3 Å². The molecule has 2 aliphatic heterocycles. The third-order valence-corrected chi connectivity index (χ3v) is 4.94. The molecule has 1 aromatic rings. The Morgan fingerprint density at radius 2 is 2.11 bits per heavy atom. The molecule has 1 atom stereocenters. The van der Waals surface area contributed by atoms with E-state index in [0.717, 1.165) is 12.0 Å². The highest BCUT2D eigenvalue weighted by Crippen LogP contribution is 2.34. The number of rotatable bonds is 3. The van der Waals surface area contributed by atoms with E-state index in [4.69, 9.17) is 0 Å². The van der Waals surface area contributed by atoms with Gasteiger partial charge in [0.05, 0.1) is 0 Å². The van der Waals surface area contributed by atoms with Crippen LogP contribution in [0.3, 0.4) is 0 Å². The Morgan fingerprint density at radius 3 is 2.83 bits per heavy atom. The summed E-state index contributed by atoms with van der Waals surface area (Å²) in [5, 5.41) is 8.02. The number of piperidine rings is 1. The first-order chi connectivity index (χ1) is 8.43. The van der Waals surface area contributed by atoms with Crippen molar-refractivity contribution in [2.24, 2.45) is 5.92 Å². The highest BCUT2D eigenvalue weighted by molar-refractivity contribution is 7.07. The normalized spacial score (nSPS) is 26.1. The van der Waals surface area contributed by atoms with Crippen LogP contribution >= 0.6 is 23.7 Å². The fraction of sp³-hybridized carbons (Fsp3) is 0.714. The molecule has 3 rings (SSSR count). The number of nitrogens with one attached hydrogen (secondary N) is 1. The Bertz CT molecular complexity index is 336. The third-order valence-electron chi connectivity index (χ3n) is 4.24. The van der Waals surface area contributed by atoms with Crippen LogP contribution in [0.5, 0.6) is 0 Å². The molecule has 0 amide bonds. The van der Waals surface area contributed by atoms with Crippen LogP contribution in [0.25, 0.3) is 0 Å². The van der Waals surface area contributed by atoms with E-state index in [1.165, 1.54) is 51.9 Å². The monoisotopic (exact) mass is 286 g/mol. The van der Waals surface area contributed by atoms with E-state index in [1.54, 1.807) is 5.56 Å². The van der Waals surface area contributed by atoms with E-state index in [2.05, 4.69) is 27.0 Å². The van der Waals surface area contributed by atoms with Crippen LogP contribution in [0.2, 0.25) is 0 Å². The standard InChI is InChI=1S/C14H22N2S.ClH/c1-2-14(13-5-9-17-11-13)16(8-1)10-12-3-6-15-7-4-12;/h5,9,11-12,14-15H,1-4,6-8,10H2;1H. The maximum atomic E-state index is 3.46. The van der Waals surface area contributed by atoms with Gasteiger partial charge in [0.2, 0.25) is 0 Å². The molecule has 0 bridgehead atoms. The zero-order valence-corrected chi connectivity index (χ0v) is 12.4. The van der Waals surface area contributed by atoms with Crippen molar-refractivity contribution in [3.8, 4) is 0 Å². The molecular weight excluding hydrogens is 264 g/mol. The van der Waals surface area contributed by atoms with Crippen molar-refractivity contribution < 1.29 is 0 Å². The minimum atomic E-state index is 0. The van der Waals surface area contributed by atoms with Gasteiger partial charge in [0.1, 0.15) is 0 Å². The number of thiophene rings is 1. The van der Waals surface area contributed by atoms with Gasteiger partial charge in [0.25, 0.3) is 0 Å². The summed E-state index contributed by atoms with van der Waals surface area (Å²) in [6, 6.07) is 3.03. The van der Waals surface area contributed by atoms with Crippen LogP contribution in [0, 0.1) is 5.92 Å². The van der Waals surface area contributed by atoms with E-state index < -0.39 is 0 Å². The average molecular weight is 287 g/mol. The lowest BCUT2D eigenvalue weighted by atomic mass is 9.97. The first-order valence-electron chi connectivity index (χ1n) is 6.90. The Balaban J connectivity index is 0.00000120. The van der Waals surface area contributed by atoms with Crippen LogP contribution in [-0.2, 0) is 0 Å². The Kier molecular flexibility index (Phi) is 5.49. The lowest BCUT2D eigenvalue weighted by Crippen LogP contribution is -2.35. The Labute approximate surface area is 120 Å². The van der Waals surface area contributed by atoms with Crippen molar-refractivity contribution in [1.82, 2.24) is 10.2 Å². The highest BCUT2D eigenvalue weighted by atomic mass is 35.5. The average Bonchev–Trinajstić information content (AvgIpc) is 3.00. The summed E-state index contributed by atoms with van der Waals surface area (Å²) in [6.45, 7) is 5.08. The molecule has 3 heterocycles. The molecule has 2 nitrogen and oxygen atoms in total. The molecule has 2 saturated heterocycles. The number of nitrogens with zero attached hydrogens (tertiary/aromatic N) is 1. The fourth-order valence-corrected chi connectivity index (χ4v) is 3.99. The molecule has 2 aliphatic rings. The van der Waals surface area contributed by atoms with Crippen LogP contribution < -0.4 is 5.32 Å². The summed E-state index contributed by atoms with van der Waals surface area (Å²) in [7, 11) is 0. The van der Waals surface area contributed by atoms with E-state index in [9.17, 15) is 0 Å². The molecule has 0 radical (unpaired) electrons. The van der Waals surface area contributed by atoms with Gasteiger partial charge in [-0.1, -0.05) is 0 Å². The summed E-state index contributed by atoms with van der Waals surface area (Å²) in [5.41, 5.74) is 1.56. The third kappa shape index (κ3) is 3.27. The van der Waals surface area contributed by atoms with Crippen molar-refractivity contribution in [3.63, 3.8) is 0 Å². The van der Waals surface area contributed by atoms with Gasteiger partial charge in [-0.25, -0.2) is 0 Å². The summed E-state index contributed by atoms with van der Waals surface area (Å²) >= 11 is 1.84. The van der Waals surface area contributed by atoms with Crippen molar-refractivity contribution in [3.05, 3.63) is 22.4 Å². The highest BCUT2D eigenvalue weighted by Gasteiger charge is 2.28. The van der Waals surface area contributed by atoms with E-state index in [0.29, 0.717) is 0 Å². The zero-order valence-electron chi connectivity index (χ0n) is 10.8. The Morgan fingerprint density at radius 1 is 1.28 bits per heavy atom. The predicted octanol–water partition coefficient (Wildman–Crippen LogP) is 3.31. The molecule has 0 saturated carbocycles. The minimum absolute atomic E-state index is 0. The van der Waals surface area contributed by atoms with Crippen molar-refractivity contribution in [2.45, 2.75) is 31.7 Å². The first kappa shape index (κ1) is 14.3. The molecule has 1 aromatic heterocycles. The number of hydrogen-bond donors (Lipinski definition) is 1. The van der Waals surface area contributed by atoms with Gasteiger partial charge in [-0.2, -0.15) is 11.3 Å². The summed E-state index contributed by atoms with van der Waals surface area (Å²) in [6.07, 6.45) is 5.48. The van der Waals surface area contributed by atoms with Gasteiger partial charge < -0.3 is 5.32 Å². The number of halogens is 1. The second-order valence-corrected chi connectivity index (χ2v) is 6.18. The molecule has 0 spiro atoms. The maximum absolute atomic E-state index is 3.46. The summed E-state index contributed by atoms with van der Waals surface area (Å²) in [5.74, 6) is 0.926. The fourth-order valence-electron chi connectivity index (χ4n) is 3.28. The number of likely N-dealkylation sites (tertiary alicyclic amines) is 1. The lowest BCUT2D eigenvalue weighted by Gasteiger charge is -2.31. The summed E-state index contributed by atoms with van der Waals surface area (Å²) in [4.78, 5) is 2.73. The van der Waals surface area contributed by atoms with Crippen LogP contribution in [0.4, 0.5) is 0 Å². The lowest BCUT2D eigenvalue weighted by molar-refractivity contribution is 0.193.